The second-order valence-corrected chi connectivity index (χ2v) is 7.72. The number of nitrogens with zero attached hydrogens (tertiary/aromatic N) is 1. The average molecular weight is 451 g/mol. The SMILES string of the molecule is Cc1ccc(C(CN2CCOCC2)NC(=O)COc2ccc(Br)cc2F)cc1. The van der Waals surface area contributed by atoms with Crippen molar-refractivity contribution in [2.45, 2.75) is 13.0 Å². The third-order valence-electron chi connectivity index (χ3n) is 4.61. The number of rotatable bonds is 7. The van der Waals surface area contributed by atoms with Gasteiger partial charge in [-0.15, -0.1) is 0 Å². The molecular formula is C21H24BrFN2O3. The lowest BCUT2D eigenvalue weighted by molar-refractivity contribution is -0.124. The van der Waals surface area contributed by atoms with Crippen LogP contribution in [0.1, 0.15) is 17.2 Å². The van der Waals surface area contributed by atoms with Gasteiger partial charge in [-0.2, -0.15) is 0 Å². The number of morpholine rings is 1. The molecule has 1 atom stereocenters. The number of hydrogen-bond donors (Lipinski definition) is 1. The fourth-order valence-corrected chi connectivity index (χ4v) is 3.38. The Balaban J connectivity index is 1.63. The van der Waals surface area contributed by atoms with Gasteiger partial charge in [0.15, 0.2) is 18.2 Å². The highest BCUT2D eigenvalue weighted by atomic mass is 79.9. The van der Waals surface area contributed by atoms with Gasteiger partial charge in [0.25, 0.3) is 5.91 Å². The van der Waals surface area contributed by atoms with Crippen LogP contribution in [0.2, 0.25) is 0 Å². The summed E-state index contributed by atoms with van der Waals surface area (Å²) in [4.78, 5) is 14.7. The molecule has 1 heterocycles. The molecule has 1 unspecified atom stereocenters. The van der Waals surface area contributed by atoms with Crippen molar-refractivity contribution in [3.63, 3.8) is 0 Å². The topological polar surface area (TPSA) is 50.8 Å². The van der Waals surface area contributed by atoms with Crippen molar-refractivity contribution in [3.8, 4) is 5.75 Å². The number of aryl methyl sites for hydroxylation is 1. The minimum Gasteiger partial charge on any atom is -0.481 e. The van der Waals surface area contributed by atoms with E-state index in [9.17, 15) is 9.18 Å². The Hall–Kier alpha value is -1.96. The molecule has 0 bridgehead atoms. The lowest BCUT2D eigenvalue weighted by Gasteiger charge is -2.31. The van der Waals surface area contributed by atoms with Crippen molar-refractivity contribution in [1.82, 2.24) is 10.2 Å². The first kappa shape index (κ1) is 20.8. The van der Waals surface area contributed by atoms with E-state index in [4.69, 9.17) is 9.47 Å². The number of benzene rings is 2. The summed E-state index contributed by atoms with van der Waals surface area (Å²) in [6.07, 6.45) is 0. The molecule has 0 saturated carbocycles. The van der Waals surface area contributed by atoms with Crippen LogP contribution in [0.15, 0.2) is 46.9 Å². The van der Waals surface area contributed by atoms with E-state index < -0.39 is 5.82 Å². The van der Waals surface area contributed by atoms with E-state index in [1.165, 1.54) is 12.1 Å². The monoisotopic (exact) mass is 450 g/mol. The highest BCUT2D eigenvalue weighted by Gasteiger charge is 2.20. The number of hydrogen-bond acceptors (Lipinski definition) is 4. The third kappa shape index (κ3) is 6.02. The summed E-state index contributed by atoms with van der Waals surface area (Å²) in [5.41, 5.74) is 2.19. The maximum atomic E-state index is 13.9. The predicted molar refractivity (Wildman–Crippen MR) is 109 cm³/mol. The Kier molecular flexibility index (Phi) is 7.42. The first-order chi connectivity index (χ1) is 13.5. The van der Waals surface area contributed by atoms with Crippen LogP contribution in [0.25, 0.3) is 0 Å². The molecule has 1 amide bonds. The Bertz CT molecular complexity index is 795. The molecule has 0 radical (unpaired) electrons. The van der Waals surface area contributed by atoms with Crippen molar-refractivity contribution in [1.29, 1.82) is 0 Å². The van der Waals surface area contributed by atoms with Gasteiger partial charge >= 0.3 is 0 Å². The van der Waals surface area contributed by atoms with Crippen molar-refractivity contribution in [2.24, 2.45) is 0 Å². The number of halogens is 2. The van der Waals surface area contributed by atoms with Gasteiger partial charge in [-0.25, -0.2) is 4.39 Å². The van der Waals surface area contributed by atoms with Crippen molar-refractivity contribution < 1.29 is 18.7 Å². The van der Waals surface area contributed by atoms with E-state index in [1.807, 2.05) is 31.2 Å². The summed E-state index contributed by atoms with van der Waals surface area (Å²) >= 11 is 3.20. The average Bonchev–Trinajstić information content (AvgIpc) is 2.68. The van der Waals surface area contributed by atoms with Gasteiger partial charge in [-0.05, 0) is 30.7 Å². The Morgan fingerprint density at radius 2 is 1.96 bits per heavy atom. The summed E-state index contributed by atoms with van der Waals surface area (Å²) in [7, 11) is 0. The summed E-state index contributed by atoms with van der Waals surface area (Å²) < 4.78 is 25.2. The van der Waals surface area contributed by atoms with Crippen LogP contribution in [-0.4, -0.2) is 50.3 Å². The number of ether oxygens (including phenoxy) is 2. The van der Waals surface area contributed by atoms with Crippen LogP contribution in [-0.2, 0) is 9.53 Å². The highest BCUT2D eigenvalue weighted by molar-refractivity contribution is 9.10. The number of amides is 1. The molecule has 3 rings (SSSR count). The molecule has 0 aliphatic carbocycles. The third-order valence-corrected chi connectivity index (χ3v) is 5.11. The number of nitrogens with one attached hydrogen (secondary N) is 1. The minimum atomic E-state index is -0.509. The van der Waals surface area contributed by atoms with E-state index in [1.54, 1.807) is 6.07 Å². The molecule has 0 spiro atoms. The molecule has 5 nitrogen and oxygen atoms in total. The van der Waals surface area contributed by atoms with E-state index in [2.05, 4.69) is 26.1 Å². The Morgan fingerprint density at radius 3 is 2.64 bits per heavy atom. The van der Waals surface area contributed by atoms with Gasteiger partial charge in [-0.1, -0.05) is 45.8 Å². The minimum absolute atomic E-state index is 0.0541. The molecule has 150 valence electrons. The van der Waals surface area contributed by atoms with Crippen LogP contribution in [0.3, 0.4) is 0 Å². The summed E-state index contributed by atoms with van der Waals surface area (Å²) in [6.45, 7) is 5.52. The van der Waals surface area contributed by atoms with Gasteiger partial charge in [-0.3, -0.25) is 9.69 Å². The zero-order valence-corrected chi connectivity index (χ0v) is 17.4. The molecule has 1 fully saturated rings. The van der Waals surface area contributed by atoms with Crippen LogP contribution in [0, 0.1) is 12.7 Å². The summed E-state index contributed by atoms with van der Waals surface area (Å²) in [6, 6.07) is 12.4. The molecule has 1 aliphatic heterocycles. The first-order valence-electron chi connectivity index (χ1n) is 9.25. The van der Waals surface area contributed by atoms with Crippen LogP contribution >= 0.6 is 15.9 Å². The Morgan fingerprint density at radius 1 is 1.25 bits per heavy atom. The van der Waals surface area contributed by atoms with Crippen LogP contribution in [0.4, 0.5) is 4.39 Å². The van der Waals surface area contributed by atoms with Gasteiger partial charge in [0, 0.05) is 24.1 Å². The van der Waals surface area contributed by atoms with Crippen molar-refractivity contribution >= 4 is 21.8 Å². The van der Waals surface area contributed by atoms with E-state index in [-0.39, 0.29) is 24.3 Å². The quantitative estimate of drug-likeness (QED) is 0.701. The molecule has 28 heavy (non-hydrogen) atoms. The molecule has 7 heteroatoms. The van der Waals surface area contributed by atoms with Crippen molar-refractivity contribution in [2.75, 3.05) is 39.5 Å². The largest absolute Gasteiger partial charge is 0.481 e. The second kappa shape index (κ2) is 10.0. The molecular weight excluding hydrogens is 427 g/mol. The summed E-state index contributed by atoms with van der Waals surface area (Å²) in [5.74, 6) is -0.745. The van der Waals surface area contributed by atoms with Crippen LogP contribution < -0.4 is 10.1 Å². The molecule has 1 saturated heterocycles. The number of carbonyl (C=O) groups is 1. The number of carbonyl (C=O) groups excluding carboxylic acids is 1. The van der Waals surface area contributed by atoms with E-state index in [0.29, 0.717) is 24.2 Å². The van der Waals surface area contributed by atoms with Gasteiger partial charge in [0.1, 0.15) is 0 Å². The van der Waals surface area contributed by atoms with Crippen molar-refractivity contribution in [3.05, 3.63) is 63.9 Å². The molecule has 1 N–H and O–H groups in total. The maximum Gasteiger partial charge on any atom is 0.258 e. The fraction of sp³-hybridized carbons (Fsp3) is 0.381. The zero-order valence-electron chi connectivity index (χ0n) is 15.8. The van der Waals surface area contributed by atoms with Crippen LogP contribution in [0.5, 0.6) is 5.75 Å². The predicted octanol–water partition coefficient (Wildman–Crippen LogP) is 3.47. The molecule has 2 aromatic rings. The molecule has 1 aliphatic rings. The second-order valence-electron chi connectivity index (χ2n) is 6.81. The first-order valence-corrected chi connectivity index (χ1v) is 10.0. The van der Waals surface area contributed by atoms with Gasteiger partial charge < -0.3 is 14.8 Å². The lowest BCUT2D eigenvalue weighted by atomic mass is 10.0. The Labute approximate surface area is 172 Å². The van der Waals surface area contributed by atoms with E-state index >= 15 is 0 Å². The maximum absolute atomic E-state index is 13.9. The van der Waals surface area contributed by atoms with E-state index in [0.717, 1.165) is 24.2 Å². The molecule has 0 aromatic heterocycles. The van der Waals surface area contributed by atoms with Gasteiger partial charge in [0.05, 0.1) is 19.3 Å². The highest BCUT2D eigenvalue weighted by Crippen LogP contribution is 2.21. The fourth-order valence-electron chi connectivity index (χ4n) is 3.05. The smallest absolute Gasteiger partial charge is 0.258 e. The molecule has 2 aromatic carbocycles. The summed E-state index contributed by atoms with van der Waals surface area (Å²) in [5, 5.41) is 3.02. The van der Waals surface area contributed by atoms with Gasteiger partial charge in [0.2, 0.25) is 0 Å². The standard InChI is InChI=1S/C21H24BrFN2O3/c1-15-2-4-16(5-3-15)19(13-25-8-10-27-11-9-25)24-21(26)14-28-20-7-6-17(22)12-18(20)23/h2-7,12,19H,8-11,13-14H2,1H3,(H,24,26). The lowest BCUT2D eigenvalue weighted by Crippen LogP contribution is -2.44. The normalized spacial score (nSPS) is 15.8. The zero-order chi connectivity index (χ0) is 19.9.